The maximum Gasteiger partial charge on any atom is 0.253 e. The second kappa shape index (κ2) is 8.66. The third-order valence-corrected chi connectivity index (χ3v) is 6.44. The Bertz CT molecular complexity index is 845. The lowest BCUT2D eigenvalue weighted by molar-refractivity contribution is 0.0785. The molecule has 0 atom stereocenters. The Balaban J connectivity index is 2.14. The van der Waals surface area contributed by atoms with Crippen LogP contribution in [0.1, 0.15) is 29.8 Å². The summed E-state index contributed by atoms with van der Waals surface area (Å²) in [4.78, 5) is 14.3. The Kier molecular flexibility index (Phi) is 6.81. The molecule has 0 heterocycles. The predicted octanol–water partition coefficient (Wildman–Crippen LogP) is 3.64. The van der Waals surface area contributed by atoms with Crippen LogP contribution in [0, 0.1) is 0 Å². The van der Waals surface area contributed by atoms with Crippen molar-refractivity contribution in [2.45, 2.75) is 25.3 Å². The van der Waals surface area contributed by atoms with E-state index in [1.807, 2.05) is 12.1 Å². The average Bonchev–Trinajstić information content (AvgIpc) is 2.64. The zero-order chi connectivity index (χ0) is 19.3. The van der Waals surface area contributed by atoms with Gasteiger partial charge in [0.25, 0.3) is 5.91 Å². The normalized spacial score (nSPS) is 11.6. The third-order valence-electron chi connectivity index (χ3n) is 4.12. The van der Waals surface area contributed by atoms with Crippen molar-refractivity contribution in [3.8, 4) is 0 Å². The number of sulfonamides is 1. The van der Waals surface area contributed by atoms with Crippen LogP contribution in [-0.2, 0) is 16.6 Å². The molecular weight excluding hydrogens is 372 g/mol. The van der Waals surface area contributed by atoms with Crippen molar-refractivity contribution < 1.29 is 13.2 Å². The molecule has 0 N–H and O–H groups in total. The fourth-order valence-electron chi connectivity index (χ4n) is 2.64. The van der Waals surface area contributed by atoms with Crippen LogP contribution in [-0.4, -0.2) is 43.7 Å². The molecule has 140 valence electrons. The second-order valence-electron chi connectivity index (χ2n) is 5.90. The van der Waals surface area contributed by atoms with Crippen LogP contribution in [0.4, 0.5) is 0 Å². The molecule has 2 rings (SSSR count). The second-order valence-corrected chi connectivity index (χ2v) is 8.28. The number of carbonyl (C=O) groups is 1. The molecule has 5 nitrogen and oxygen atoms in total. The molecule has 2 aromatic rings. The van der Waals surface area contributed by atoms with Crippen molar-refractivity contribution in [3.63, 3.8) is 0 Å². The van der Waals surface area contributed by atoms with Gasteiger partial charge >= 0.3 is 0 Å². The van der Waals surface area contributed by atoms with E-state index in [0.29, 0.717) is 30.2 Å². The van der Waals surface area contributed by atoms with Crippen LogP contribution >= 0.6 is 11.6 Å². The summed E-state index contributed by atoms with van der Waals surface area (Å²) in [5.41, 5.74) is 1.41. The minimum Gasteiger partial charge on any atom is -0.337 e. The highest BCUT2D eigenvalue weighted by molar-refractivity contribution is 7.89. The zero-order valence-corrected chi connectivity index (χ0v) is 16.7. The molecule has 0 bridgehead atoms. The Hall–Kier alpha value is -1.89. The van der Waals surface area contributed by atoms with E-state index in [2.05, 4.69) is 0 Å². The van der Waals surface area contributed by atoms with Gasteiger partial charge in [0.15, 0.2) is 0 Å². The molecule has 0 unspecified atom stereocenters. The number of halogens is 1. The number of rotatable bonds is 7. The number of hydrogen-bond acceptors (Lipinski definition) is 3. The van der Waals surface area contributed by atoms with Crippen molar-refractivity contribution in [1.29, 1.82) is 0 Å². The Morgan fingerprint density at radius 1 is 0.962 bits per heavy atom. The first-order valence-corrected chi connectivity index (χ1v) is 10.2. The molecule has 7 heteroatoms. The first kappa shape index (κ1) is 20.4. The largest absolute Gasteiger partial charge is 0.337 e. The molecule has 0 saturated heterocycles. The van der Waals surface area contributed by atoms with E-state index in [-0.39, 0.29) is 10.8 Å². The van der Waals surface area contributed by atoms with E-state index < -0.39 is 10.0 Å². The van der Waals surface area contributed by atoms with E-state index in [4.69, 9.17) is 11.6 Å². The highest BCUT2D eigenvalue weighted by atomic mass is 35.5. The van der Waals surface area contributed by atoms with Crippen molar-refractivity contribution in [2.75, 3.05) is 20.1 Å². The minimum absolute atomic E-state index is 0.174. The van der Waals surface area contributed by atoms with Crippen molar-refractivity contribution in [2.24, 2.45) is 0 Å². The Morgan fingerprint density at radius 3 is 2.00 bits per heavy atom. The summed E-state index contributed by atoms with van der Waals surface area (Å²) in [6.07, 6.45) is 0. The molecule has 0 radical (unpaired) electrons. The predicted molar refractivity (Wildman–Crippen MR) is 104 cm³/mol. The molecule has 1 amide bonds. The van der Waals surface area contributed by atoms with Gasteiger partial charge in [-0.15, -0.1) is 0 Å². The number of amides is 1. The van der Waals surface area contributed by atoms with Crippen LogP contribution < -0.4 is 0 Å². The van der Waals surface area contributed by atoms with Crippen molar-refractivity contribution in [3.05, 3.63) is 64.7 Å². The van der Waals surface area contributed by atoms with Gasteiger partial charge in [0, 0.05) is 37.3 Å². The fraction of sp³-hybridized carbons (Fsp3) is 0.316. The van der Waals surface area contributed by atoms with Gasteiger partial charge in [0.1, 0.15) is 0 Å². The highest BCUT2D eigenvalue weighted by Crippen LogP contribution is 2.18. The summed E-state index contributed by atoms with van der Waals surface area (Å²) < 4.78 is 26.4. The van der Waals surface area contributed by atoms with Crippen LogP contribution in [0.25, 0.3) is 0 Å². The summed E-state index contributed by atoms with van der Waals surface area (Å²) >= 11 is 5.87. The van der Waals surface area contributed by atoms with Gasteiger partial charge in [-0.3, -0.25) is 4.79 Å². The molecule has 0 fully saturated rings. The van der Waals surface area contributed by atoms with Crippen LogP contribution in [0.5, 0.6) is 0 Å². The number of nitrogens with zero attached hydrogens (tertiary/aromatic N) is 2. The average molecular weight is 395 g/mol. The zero-order valence-electron chi connectivity index (χ0n) is 15.1. The van der Waals surface area contributed by atoms with E-state index in [1.54, 1.807) is 50.1 Å². The lowest BCUT2D eigenvalue weighted by Gasteiger charge is -2.19. The van der Waals surface area contributed by atoms with Gasteiger partial charge in [-0.05, 0) is 42.0 Å². The first-order valence-electron chi connectivity index (χ1n) is 8.39. The van der Waals surface area contributed by atoms with E-state index >= 15 is 0 Å². The molecular formula is C19H23ClN2O3S. The topological polar surface area (TPSA) is 57.7 Å². The molecule has 0 aliphatic carbocycles. The fourth-order valence-corrected chi connectivity index (χ4v) is 4.22. The first-order chi connectivity index (χ1) is 12.3. The number of hydrogen-bond donors (Lipinski definition) is 0. The molecule has 2 aromatic carbocycles. The molecule has 0 aromatic heterocycles. The standard InChI is InChI=1S/C19H23ClN2O3S/c1-4-22(5-2)26(24,25)18-12-8-16(9-13-18)19(23)21(3)14-15-6-10-17(20)11-7-15/h6-13H,4-5,14H2,1-3H3. The molecule has 26 heavy (non-hydrogen) atoms. The molecule has 0 saturated carbocycles. The lowest BCUT2D eigenvalue weighted by atomic mass is 10.1. The number of benzene rings is 2. The monoisotopic (exact) mass is 394 g/mol. The van der Waals surface area contributed by atoms with E-state index in [0.717, 1.165) is 5.56 Å². The quantitative estimate of drug-likeness (QED) is 0.720. The highest BCUT2D eigenvalue weighted by Gasteiger charge is 2.22. The van der Waals surface area contributed by atoms with Gasteiger partial charge in [-0.2, -0.15) is 4.31 Å². The van der Waals surface area contributed by atoms with Crippen LogP contribution in [0.2, 0.25) is 5.02 Å². The maximum atomic E-state index is 12.6. The minimum atomic E-state index is -3.52. The molecule has 0 aliphatic heterocycles. The number of carbonyl (C=O) groups excluding carboxylic acids is 1. The van der Waals surface area contributed by atoms with E-state index in [1.165, 1.54) is 16.4 Å². The van der Waals surface area contributed by atoms with Crippen LogP contribution in [0.3, 0.4) is 0 Å². The summed E-state index contributed by atoms with van der Waals surface area (Å²) in [6.45, 7) is 4.84. The van der Waals surface area contributed by atoms with Gasteiger partial charge in [-0.25, -0.2) is 8.42 Å². The third kappa shape index (κ3) is 4.63. The summed E-state index contributed by atoms with van der Waals surface area (Å²) in [7, 11) is -1.81. The summed E-state index contributed by atoms with van der Waals surface area (Å²) in [5, 5.41) is 0.646. The summed E-state index contributed by atoms with van der Waals surface area (Å²) in [5.74, 6) is -0.174. The lowest BCUT2D eigenvalue weighted by Crippen LogP contribution is -2.30. The Morgan fingerprint density at radius 2 is 1.50 bits per heavy atom. The van der Waals surface area contributed by atoms with Crippen molar-refractivity contribution in [1.82, 2.24) is 9.21 Å². The van der Waals surface area contributed by atoms with Gasteiger partial charge in [0.05, 0.1) is 4.90 Å². The SMILES string of the molecule is CCN(CC)S(=O)(=O)c1ccc(C(=O)N(C)Cc2ccc(Cl)cc2)cc1. The van der Waals surface area contributed by atoms with Gasteiger partial charge in [0.2, 0.25) is 10.0 Å². The smallest absolute Gasteiger partial charge is 0.253 e. The van der Waals surface area contributed by atoms with Crippen molar-refractivity contribution >= 4 is 27.5 Å². The Labute approximate surface area is 160 Å². The van der Waals surface area contributed by atoms with Gasteiger partial charge in [-0.1, -0.05) is 37.6 Å². The molecule has 0 aliphatic rings. The maximum absolute atomic E-state index is 12.6. The van der Waals surface area contributed by atoms with E-state index in [9.17, 15) is 13.2 Å². The van der Waals surface area contributed by atoms with Gasteiger partial charge < -0.3 is 4.90 Å². The van der Waals surface area contributed by atoms with Crippen LogP contribution in [0.15, 0.2) is 53.4 Å². The summed E-state index contributed by atoms with van der Waals surface area (Å²) in [6, 6.07) is 13.4. The molecule has 0 spiro atoms.